The third-order valence-electron chi connectivity index (χ3n) is 11.7. The molecule has 0 radical (unpaired) electrons. The minimum Gasteiger partial charge on any atom is -0.469 e. The monoisotopic (exact) mass is 604 g/mol. The average molecular weight is 605 g/mol. The third kappa shape index (κ3) is 4.76. The number of rotatable bonds is 6. The van der Waals surface area contributed by atoms with Crippen LogP contribution in [0.3, 0.4) is 0 Å². The van der Waals surface area contributed by atoms with Crippen LogP contribution in [0.15, 0.2) is 83.5 Å². The average Bonchev–Trinajstić information content (AvgIpc) is 3.68. The van der Waals surface area contributed by atoms with Crippen LogP contribution in [0, 0.1) is 22.7 Å². The summed E-state index contributed by atoms with van der Waals surface area (Å²) < 4.78 is 11.7. The summed E-state index contributed by atoms with van der Waals surface area (Å²) in [6.07, 6.45) is 9.21. The van der Waals surface area contributed by atoms with Gasteiger partial charge in [-0.05, 0) is 105 Å². The minimum absolute atomic E-state index is 0.00701. The number of allylic oxidation sites excluding steroid dienone is 1. The van der Waals surface area contributed by atoms with E-state index >= 15 is 0 Å². The molecule has 1 aliphatic heterocycles. The molecular formula is C39H44N2O4. The first-order valence-electron chi connectivity index (χ1n) is 16.5. The first-order chi connectivity index (χ1) is 21.8. The van der Waals surface area contributed by atoms with Crippen LogP contribution in [-0.2, 0) is 22.4 Å². The molecule has 2 aromatic carbocycles. The molecule has 2 fully saturated rings. The lowest BCUT2D eigenvalue weighted by atomic mass is 9.46. The SMILES string of the molecule is C=C1CC[C@@H]2[C@](C)(CCC[C@]2(C)C(=O)OC)[C@H]1CCc1ccoc1[C@H]1c2[nH]c3ccccc3c2CCN1C(=O)c1ccccc1. The molecule has 2 saturated carbocycles. The molecule has 0 spiro atoms. The molecular weight excluding hydrogens is 560 g/mol. The standard InChI is InChI=1S/C39H44N2O4/c1-25-15-18-32-38(2,21-10-22-39(32,3)37(43)44-4)30(25)17-16-26-20-24-45-35(26)34-33-29(28-13-8-9-14-31(28)40-33)19-23-41(34)36(42)27-11-6-5-7-12-27/h5-9,11-14,20,24,30,32,34,40H,1,10,15-19,21-23H2,2-4H3/t30-,32+,34+,38+,39-/m0/s1. The summed E-state index contributed by atoms with van der Waals surface area (Å²) >= 11 is 0. The second-order valence-corrected chi connectivity index (χ2v) is 14.0. The molecule has 234 valence electrons. The van der Waals surface area contributed by atoms with Gasteiger partial charge in [0.25, 0.3) is 5.91 Å². The number of carbonyl (C=O) groups is 2. The smallest absolute Gasteiger partial charge is 0.311 e. The number of benzene rings is 2. The summed E-state index contributed by atoms with van der Waals surface area (Å²) in [7, 11) is 1.52. The maximum absolute atomic E-state index is 14.1. The van der Waals surface area contributed by atoms with E-state index < -0.39 is 5.41 Å². The topological polar surface area (TPSA) is 75.5 Å². The fourth-order valence-electron chi connectivity index (χ4n) is 9.53. The van der Waals surface area contributed by atoms with Gasteiger partial charge in [0.1, 0.15) is 11.8 Å². The Balaban J connectivity index is 1.23. The van der Waals surface area contributed by atoms with Gasteiger partial charge >= 0.3 is 5.97 Å². The molecule has 2 aliphatic carbocycles. The molecule has 3 aliphatic rings. The van der Waals surface area contributed by atoms with Crippen molar-refractivity contribution < 1.29 is 18.7 Å². The van der Waals surface area contributed by atoms with Gasteiger partial charge in [-0.3, -0.25) is 9.59 Å². The van der Waals surface area contributed by atoms with Gasteiger partial charge < -0.3 is 19.0 Å². The molecule has 6 heteroatoms. The predicted molar refractivity (Wildman–Crippen MR) is 176 cm³/mol. The van der Waals surface area contributed by atoms with Crippen molar-refractivity contribution in [3.05, 3.63) is 107 Å². The van der Waals surface area contributed by atoms with Gasteiger partial charge in [0.05, 0.1) is 24.5 Å². The van der Waals surface area contributed by atoms with Crippen LogP contribution < -0.4 is 0 Å². The van der Waals surface area contributed by atoms with Crippen molar-refractivity contribution in [1.82, 2.24) is 9.88 Å². The highest BCUT2D eigenvalue weighted by Crippen LogP contribution is 2.62. The lowest BCUT2D eigenvalue weighted by Crippen LogP contribution is -2.53. The summed E-state index contributed by atoms with van der Waals surface area (Å²) in [5, 5.41) is 1.21. The van der Waals surface area contributed by atoms with E-state index in [2.05, 4.69) is 49.7 Å². The maximum atomic E-state index is 14.1. The van der Waals surface area contributed by atoms with Crippen molar-refractivity contribution in [3.8, 4) is 0 Å². The lowest BCUT2D eigenvalue weighted by Gasteiger charge is -2.57. The van der Waals surface area contributed by atoms with Gasteiger partial charge in [0.15, 0.2) is 0 Å². The zero-order valence-corrected chi connectivity index (χ0v) is 26.7. The normalized spacial score (nSPS) is 28.0. The van der Waals surface area contributed by atoms with Gasteiger partial charge in [-0.25, -0.2) is 0 Å². The van der Waals surface area contributed by atoms with E-state index in [9.17, 15) is 9.59 Å². The highest BCUT2D eigenvalue weighted by Gasteiger charge is 2.57. The van der Waals surface area contributed by atoms with Gasteiger partial charge in [0, 0.05) is 23.0 Å². The summed E-state index contributed by atoms with van der Waals surface area (Å²) in [5.41, 5.74) is 6.00. The van der Waals surface area contributed by atoms with Crippen LogP contribution >= 0.6 is 0 Å². The second kappa shape index (κ2) is 11.4. The van der Waals surface area contributed by atoms with E-state index in [0.717, 1.165) is 73.9 Å². The molecule has 45 heavy (non-hydrogen) atoms. The summed E-state index contributed by atoms with van der Waals surface area (Å²) in [6.45, 7) is 9.71. The molecule has 4 aromatic rings. The van der Waals surface area contributed by atoms with Crippen LogP contribution in [0.4, 0.5) is 0 Å². The van der Waals surface area contributed by atoms with Crippen molar-refractivity contribution in [3.63, 3.8) is 0 Å². The highest BCUT2D eigenvalue weighted by molar-refractivity contribution is 5.95. The van der Waals surface area contributed by atoms with Crippen molar-refractivity contribution in [2.75, 3.05) is 13.7 Å². The van der Waals surface area contributed by atoms with Gasteiger partial charge in [0.2, 0.25) is 0 Å². The Morgan fingerprint density at radius 2 is 1.82 bits per heavy atom. The number of ether oxygens (including phenoxy) is 1. The number of nitrogens with one attached hydrogen (secondary N) is 1. The van der Waals surface area contributed by atoms with Crippen molar-refractivity contribution >= 4 is 22.8 Å². The third-order valence-corrected chi connectivity index (χ3v) is 11.7. The van der Waals surface area contributed by atoms with Gasteiger partial charge in [-0.2, -0.15) is 0 Å². The number of aryl methyl sites for hydroxylation is 1. The van der Waals surface area contributed by atoms with E-state index in [0.29, 0.717) is 18.0 Å². The quantitative estimate of drug-likeness (QED) is 0.177. The molecule has 0 saturated heterocycles. The van der Waals surface area contributed by atoms with E-state index in [-0.39, 0.29) is 29.3 Å². The number of amides is 1. The Kier molecular flexibility index (Phi) is 7.50. The molecule has 6 nitrogen and oxygen atoms in total. The number of aromatic amines is 1. The Bertz CT molecular complexity index is 1750. The molecule has 1 amide bonds. The summed E-state index contributed by atoms with van der Waals surface area (Å²) in [4.78, 5) is 32.8. The second-order valence-electron chi connectivity index (χ2n) is 14.0. The molecule has 2 aromatic heterocycles. The van der Waals surface area contributed by atoms with Crippen LogP contribution in [0.1, 0.15) is 91.4 Å². The van der Waals surface area contributed by atoms with Crippen molar-refractivity contribution in [2.45, 2.75) is 71.3 Å². The number of nitrogens with zero attached hydrogens (tertiary/aromatic N) is 1. The molecule has 1 N–H and O–H groups in total. The predicted octanol–water partition coefficient (Wildman–Crippen LogP) is 8.43. The van der Waals surface area contributed by atoms with Gasteiger partial charge in [-0.15, -0.1) is 0 Å². The largest absolute Gasteiger partial charge is 0.469 e. The summed E-state index contributed by atoms with van der Waals surface area (Å²) in [5.74, 6) is 1.32. The van der Waals surface area contributed by atoms with E-state index in [1.54, 1.807) is 6.26 Å². The summed E-state index contributed by atoms with van der Waals surface area (Å²) in [6, 6.07) is 19.7. The number of methoxy groups -OCH3 is 1. The number of aromatic nitrogens is 1. The number of hydrogen-bond acceptors (Lipinski definition) is 4. The molecule has 0 bridgehead atoms. The highest BCUT2D eigenvalue weighted by atomic mass is 16.5. The fourth-order valence-corrected chi connectivity index (χ4v) is 9.53. The van der Waals surface area contributed by atoms with Crippen LogP contribution in [0.2, 0.25) is 0 Å². The Morgan fingerprint density at radius 1 is 1.04 bits per heavy atom. The van der Waals surface area contributed by atoms with Crippen molar-refractivity contribution in [2.24, 2.45) is 22.7 Å². The maximum Gasteiger partial charge on any atom is 0.311 e. The Morgan fingerprint density at radius 3 is 2.62 bits per heavy atom. The first-order valence-corrected chi connectivity index (χ1v) is 16.5. The first kappa shape index (κ1) is 29.6. The molecule has 5 atom stereocenters. The number of esters is 1. The fraction of sp³-hybridized carbons (Fsp3) is 0.436. The number of H-pyrrole nitrogens is 1. The van der Waals surface area contributed by atoms with Crippen LogP contribution in [-0.4, -0.2) is 35.4 Å². The van der Waals surface area contributed by atoms with Gasteiger partial charge in [-0.1, -0.05) is 61.9 Å². The van der Waals surface area contributed by atoms with E-state index in [4.69, 9.17) is 9.15 Å². The number of carbonyl (C=O) groups excluding carboxylic acids is 2. The number of hydrogen-bond donors (Lipinski definition) is 1. The number of para-hydroxylation sites is 1. The van der Waals surface area contributed by atoms with Crippen LogP contribution in [0.25, 0.3) is 10.9 Å². The number of furan rings is 1. The Hall–Kier alpha value is -4.06. The molecule has 0 unspecified atom stereocenters. The van der Waals surface area contributed by atoms with Crippen LogP contribution in [0.5, 0.6) is 0 Å². The Labute approximate surface area is 265 Å². The lowest BCUT2D eigenvalue weighted by molar-refractivity contribution is -0.168. The zero-order chi connectivity index (χ0) is 31.3. The number of fused-ring (bicyclic) bond motifs is 4. The minimum atomic E-state index is -0.464. The van der Waals surface area contributed by atoms with E-state index in [1.807, 2.05) is 41.3 Å². The zero-order valence-electron chi connectivity index (χ0n) is 26.7. The molecule has 3 heterocycles. The van der Waals surface area contributed by atoms with E-state index in [1.165, 1.54) is 23.6 Å². The molecule has 7 rings (SSSR count). The van der Waals surface area contributed by atoms with Crippen molar-refractivity contribution in [1.29, 1.82) is 0 Å².